The van der Waals surface area contributed by atoms with Crippen LogP contribution < -0.4 is 5.32 Å². The molecule has 10 nitrogen and oxygen atoms in total. The molecule has 0 aromatic heterocycles. The van der Waals surface area contributed by atoms with Crippen LogP contribution in [0.15, 0.2) is 0 Å². The lowest BCUT2D eigenvalue weighted by atomic mass is 9.88. The Morgan fingerprint density at radius 3 is 2.45 bits per heavy atom. The summed E-state index contributed by atoms with van der Waals surface area (Å²) in [5, 5.41) is 59.1. The third-order valence-electron chi connectivity index (χ3n) is 3.29. The van der Waals surface area contributed by atoms with Gasteiger partial charge in [-0.3, -0.25) is 4.79 Å². The highest BCUT2D eigenvalue weighted by Crippen LogP contribution is 2.30. The van der Waals surface area contributed by atoms with Crippen molar-refractivity contribution in [3.63, 3.8) is 0 Å². The number of aliphatic hydroxyl groups excluding tert-OH is 4. The minimum Gasteiger partial charge on any atom is -0.477 e. The van der Waals surface area contributed by atoms with Crippen LogP contribution >= 0.6 is 11.6 Å². The maximum atomic E-state index is 11.3. The molecule has 0 spiro atoms. The maximum absolute atomic E-state index is 11.3. The highest BCUT2D eigenvalue weighted by atomic mass is 35.5. The Morgan fingerprint density at radius 1 is 1.41 bits per heavy atom. The van der Waals surface area contributed by atoms with E-state index in [1.54, 1.807) is 0 Å². The molecule has 1 saturated heterocycles. The zero-order valence-corrected chi connectivity index (χ0v) is 12.0. The number of carboxylic acids is 1. The first kappa shape index (κ1) is 19.0. The highest BCUT2D eigenvalue weighted by Gasteiger charge is 2.53. The van der Waals surface area contributed by atoms with Crippen LogP contribution in [0.4, 0.5) is 0 Å². The Kier molecular flexibility index (Phi) is 6.50. The zero-order chi connectivity index (χ0) is 17.1. The van der Waals surface area contributed by atoms with Gasteiger partial charge in [-0.1, -0.05) is 0 Å². The van der Waals surface area contributed by atoms with Crippen LogP contribution in [0.2, 0.25) is 0 Å². The van der Waals surface area contributed by atoms with Crippen molar-refractivity contribution in [1.82, 2.24) is 5.32 Å². The molecule has 1 amide bonds. The molecule has 3 unspecified atom stereocenters. The summed E-state index contributed by atoms with van der Waals surface area (Å²) in [6.45, 7) is -0.890. The van der Waals surface area contributed by atoms with Gasteiger partial charge in [-0.25, -0.2) is 4.79 Å². The molecule has 7 N–H and O–H groups in total. The number of alkyl halides is 1. The maximum Gasteiger partial charge on any atom is 0.364 e. The van der Waals surface area contributed by atoms with E-state index in [-0.39, 0.29) is 0 Å². The summed E-state index contributed by atoms with van der Waals surface area (Å²) >= 11 is 5.31. The van der Waals surface area contributed by atoms with Crippen LogP contribution in [-0.4, -0.2) is 91.2 Å². The van der Waals surface area contributed by atoms with E-state index < -0.39 is 67.0 Å². The first-order valence-electron chi connectivity index (χ1n) is 6.30. The van der Waals surface area contributed by atoms with Gasteiger partial charge in [0.15, 0.2) is 0 Å². The normalized spacial score (nSPS) is 34.7. The molecule has 0 bridgehead atoms. The molecule has 0 aromatic carbocycles. The summed E-state index contributed by atoms with van der Waals surface area (Å²) in [5.41, 5.74) is 0. The van der Waals surface area contributed by atoms with Gasteiger partial charge < -0.3 is 40.7 Å². The average Bonchev–Trinajstić information content (AvgIpc) is 2.47. The Hall–Kier alpha value is -1.01. The molecule has 6 atom stereocenters. The standard InChI is InChI=1S/C11H18ClNO9/c12-2-6(17)13-7-4(15)1-11(21,10(19)20)22-9(7)8(18)5(16)3-14/h4-5,7-9,14-16,18,21H,1-3H2,(H,13,17)(H,19,20)/t4?,5-,7-,8-,9?,11?/m1/s1. The quantitative estimate of drug-likeness (QED) is 0.239. The Labute approximate surface area is 129 Å². The summed E-state index contributed by atoms with van der Waals surface area (Å²) in [5.74, 6) is -5.85. The lowest BCUT2D eigenvalue weighted by Gasteiger charge is -2.44. The molecule has 0 radical (unpaired) electrons. The van der Waals surface area contributed by atoms with E-state index in [1.165, 1.54) is 0 Å². The molecule has 1 aliphatic heterocycles. The molecular weight excluding hydrogens is 326 g/mol. The van der Waals surface area contributed by atoms with Gasteiger partial charge in [0, 0.05) is 6.42 Å². The van der Waals surface area contributed by atoms with Crippen LogP contribution in [0, 0.1) is 0 Å². The van der Waals surface area contributed by atoms with E-state index in [9.17, 15) is 30.0 Å². The van der Waals surface area contributed by atoms with Crippen LogP contribution in [0.3, 0.4) is 0 Å². The van der Waals surface area contributed by atoms with Gasteiger partial charge >= 0.3 is 5.97 Å². The fourth-order valence-corrected chi connectivity index (χ4v) is 2.20. The molecule has 1 heterocycles. The van der Waals surface area contributed by atoms with Crippen molar-refractivity contribution in [2.45, 2.75) is 42.7 Å². The average molecular weight is 344 g/mol. The van der Waals surface area contributed by atoms with Crippen LogP contribution in [0.1, 0.15) is 6.42 Å². The molecule has 0 aliphatic carbocycles. The molecule has 0 saturated carbocycles. The summed E-state index contributed by atoms with van der Waals surface area (Å²) in [6, 6.07) is -1.35. The molecule has 1 fully saturated rings. The van der Waals surface area contributed by atoms with Gasteiger partial charge in [-0.2, -0.15) is 0 Å². The van der Waals surface area contributed by atoms with Crippen LogP contribution in [0.25, 0.3) is 0 Å². The number of amides is 1. The predicted molar refractivity (Wildman–Crippen MR) is 69.8 cm³/mol. The van der Waals surface area contributed by atoms with E-state index >= 15 is 0 Å². The van der Waals surface area contributed by atoms with Crippen LogP contribution in [-0.2, 0) is 14.3 Å². The number of ether oxygens (including phenoxy) is 1. The van der Waals surface area contributed by atoms with Crippen molar-refractivity contribution >= 4 is 23.5 Å². The minimum absolute atomic E-state index is 0.474. The Balaban J connectivity index is 3.07. The lowest BCUT2D eigenvalue weighted by molar-refractivity contribution is -0.295. The topological polar surface area (TPSA) is 177 Å². The number of hydrogen-bond donors (Lipinski definition) is 7. The number of rotatable bonds is 6. The third kappa shape index (κ3) is 4.04. The summed E-state index contributed by atoms with van der Waals surface area (Å²) < 4.78 is 4.87. The van der Waals surface area contributed by atoms with Gasteiger partial charge in [-0.15, -0.1) is 11.6 Å². The molecule has 0 aromatic rings. The van der Waals surface area contributed by atoms with Gasteiger partial charge in [0.25, 0.3) is 5.79 Å². The fraction of sp³-hybridized carbons (Fsp3) is 0.818. The smallest absolute Gasteiger partial charge is 0.364 e. The first-order chi connectivity index (χ1) is 10.2. The van der Waals surface area contributed by atoms with Crippen molar-refractivity contribution in [3.05, 3.63) is 0 Å². The van der Waals surface area contributed by atoms with Crippen molar-refractivity contribution < 1.29 is 45.0 Å². The van der Waals surface area contributed by atoms with Crippen molar-refractivity contribution in [3.8, 4) is 0 Å². The lowest BCUT2D eigenvalue weighted by Crippen LogP contribution is -2.67. The monoisotopic (exact) mass is 343 g/mol. The van der Waals surface area contributed by atoms with E-state index in [0.29, 0.717) is 0 Å². The van der Waals surface area contributed by atoms with Gasteiger partial charge in [0.1, 0.15) is 24.2 Å². The first-order valence-corrected chi connectivity index (χ1v) is 6.83. The SMILES string of the molecule is O=C(CCl)N[C@@H]1C(O)CC(O)(C(=O)O)OC1[C@H](O)[C@H](O)CO. The minimum atomic E-state index is -2.82. The second kappa shape index (κ2) is 7.51. The van der Waals surface area contributed by atoms with E-state index in [2.05, 4.69) is 5.32 Å². The highest BCUT2D eigenvalue weighted by molar-refractivity contribution is 6.27. The van der Waals surface area contributed by atoms with Crippen molar-refractivity contribution in [2.75, 3.05) is 12.5 Å². The molecule has 128 valence electrons. The number of carbonyl (C=O) groups excluding carboxylic acids is 1. The number of halogens is 1. The molecule has 11 heteroatoms. The van der Waals surface area contributed by atoms with Crippen LogP contribution in [0.5, 0.6) is 0 Å². The van der Waals surface area contributed by atoms with Gasteiger partial charge in [0.05, 0.1) is 18.8 Å². The van der Waals surface area contributed by atoms with Crippen molar-refractivity contribution in [2.24, 2.45) is 0 Å². The third-order valence-corrected chi connectivity index (χ3v) is 3.53. The summed E-state index contributed by atoms with van der Waals surface area (Å²) in [6.07, 6.45) is -7.71. The van der Waals surface area contributed by atoms with E-state index in [1.807, 2.05) is 0 Å². The number of nitrogens with one attached hydrogen (secondary N) is 1. The van der Waals surface area contributed by atoms with Gasteiger partial charge in [0.2, 0.25) is 5.91 Å². The van der Waals surface area contributed by atoms with Gasteiger partial charge in [-0.05, 0) is 0 Å². The predicted octanol–water partition coefficient (Wildman–Crippen LogP) is -3.65. The number of aliphatic hydroxyl groups is 5. The number of carboxylic acid groups (broad SMARTS) is 1. The molecule has 1 aliphatic rings. The second-order valence-corrected chi connectivity index (χ2v) is 5.18. The summed E-state index contributed by atoms with van der Waals surface area (Å²) in [4.78, 5) is 22.4. The van der Waals surface area contributed by atoms with Crippen molar-refractivity contribution in [1.29, 1.82) is 0 Å². The zero-order valence-electron chi connectivity index (χ0n) is 11.3. The largest absolute Gasteiger partial charge is 0.477 e. The molecule has 1 rings (SSSR count). The van der Waals surface area contributed by atoms with E-state index in [4.69, 9.17) is 26.6 Å². The molecule has 22 heavy (non-hydrogen) atoms. The Morgan fingerprint density at radius 2 is 2.00 bits per heavy atom. The second-order valence-electron chi connectivity index (χ2n) is 4.91. The molecular formula is C11H18ClNO9. The Bertz CT molecular complexity index is 422. The number of aliphatic carboxylic acids is 1. The summed E-state index contributed by atoms with van der Waals surface area (Å²) in [7, 11) is 0. The fourth-order valence-electron chi connectivity index (χ4n) is 2.13. The van der Waals surface area contributed by atoms with E-state index in [0.717, 1.165) is 0 Å². The number of hydrogen-bond acceptors (Lipinski definition) is 8. The number of carbonyl (C=O) groups is 2.